The molecule has 0 radical (unpaired) electrons. The zero-order valence-electron chi connectivity index (χ0n) is 9.12. The molecular formula is C11H17N3S. The lowest BCUT2D eigenvalue weighted by Gasteiger charge is -2.42. The number of hydrogen-bond donors (Lipinski definition) is 1. The lowest BCUT2D eigenvalue weighted by molar-refractivity contribution is 0.179. The van der Waals surface area contributed by atoms with E-state index in [0.717, 1.165) is 13.1 Å². The average molecular weight is 223 g/mol. The molecule has 1 N–H and O–H groups in total. The van der Waals surface area contributed by atoms with E-state index in [4.69, 9.17) is 0 Å². The predicted octanol–water partition coefficient (Wildman–Crippen LogP) is 1.21. The zero-order chi connectivity index (χ0) is 10.3. The monoisotopic (exact) mass is 223 g/mol. The molecule has 1 aromatic heterocycles. The summed E-state index contributed by atoms with van der Waals surface area (Å²) < 4.78 is 4.36. The van der Waals surface area contributed by atoms with Gasteiger partial charge in [0.05, 0.1) is 0 Å². The summed E-state index contributed by atoms with van der Waals surface area (Å²) in [6.45, 7) is 4.61. The number of piperidine rings is 1. The number of hydrogen-bond acceptors (Lipinski definition) is 4. The summed E-state index contributed by atoms with van der Waals surface area (Å²) in [5, 5.41) is 3.55. The van der Waals surface area contributed by atoms with Crippen LogP contribution in [-0.4, -0.2) is 36.0 Å². The molecule has 3 heterocycles. The summed E-state index contributed by atoms with van der Waals surface area (Å²) in [5.41, 5.74) is 1.84. The van der Waals surface area contributed by atoms with Crippen LogP contribution in [0.3, 0.4) is 0 Å². The van der Waals surface area contributed by atoms with Gasteiger partial charge in [0.15, 0.2) is 0 Å². The number of fused-ring (bicyclic) bond motifs is 2. The second kappa shape index (κ2) is 3.54. The highest BCUT2D eigenvalue weighted by Gasteiger charge is 2.40. The van der Waals surface area contributed by atoms with Crippen LogP contribution < -0.4 is 5.32 Å². The Hall–Kier alpha value is -0.450. The van der Waals surface area contributed by atoms with E-state index >= 15 is 0 Å². The van der Waals surface area contributed by atoms with Crippen LogP contribution in [0.4, 0.5) is 0 Å². The maximum absolute atomic E-state index is 4.36. The second-order valence-corrected chi connectivity index (χ2v) is 5.67. The topological polar surface area (TPSA) is 28.2 Å². The summed E-state index contributed by atoms with van der Waals surface area (Å²) in [5.74, 6) is 0. The summed E-state index contributed by atoms with van der Waals surface area (Å²) in [6, 6.07) is 0. The van der Waals surface area contributed by atoms with Crippen molar-refractivity contribution < 1.29 is 0 Å². The Balaban J connectivity index is 1.94. The van der Waals surface area contributed by atoms with Crippen molar-refractivity contribution in [3.63, 3.8) is 0 Å². The van der Waals surface area contributed by atoms with E-state index in [1.807, 2.05) is 6.20 Å². The van der Waals surface area contributed by atoms with Crippen molar-refractivity contribution in [3.05, 3.63) is 16.6 Å². The molecule has 1 spiro atoms. The molecule has 0 atom stereocenters. The zero-order valence-corrected chi connectivity index (χ0v) is 9.94. The van der Waals surface area contributed by atoms with Crippen LogP contribution in [0.15, 0.2) is 6.20 Å². The molecule has 2 aliphatic heterocycles. The van der Waals surface area contributed by atoms with E-state index in [2.05, 4.69) is 21.6 Å². The average Bonchev–Trinajstić information content (AvgIpc) is 2.72. The van der Waals surface area contributed by atoms with Crippen LogP contribution >= 0.6 is 11.5 Å². The van der Waals surface area contributed by atoms with Gasteiger partial charge in [0.25, 0.3) is 0 Å². The maximum atomic E-state index is 4.36. The highest BCUT2D eigenvalue weighted by molar-refractivity contribution is 7.06. The largest absolute Gasteiger partial charge is 0.312 e. The van der Waals surface area contributed by atoms with E-state index in [1.54, 1.807) is 16.4 Å². The Labute approximate surface area is 94.7 Å². The molecule has 1 fully saturated rings. The minimum absolute atomic E-state index is 0.404. The Bertz CT molecular complexity index is 352. The lowest BCUT2D eigenvalue weighted by Crippen LogP contribution is -2.49. The molecule has 0 aliphatic carbocycles. The van der Waals surface area contributed by atoms with Gasteiger partial charge in [-0.15, -0.1) is 0 Å². The number of likely N-dealkylation sites (tertiary alicyclic amines) is 1. The molecule has 0 saturated carbocycles. The maximum Gasteiger partial charge on any atom is 0.0455 e. The molecule has 0 bridgehead atoms. The fraction of sp³-hybridized carbons (Fsp3) is 0.727. The fourth-order valence-corrected chi connectivity index (χ4v) is 3.79. The van der Waals surface area contributed by atoms with E-state index in [0.29, 0.717) is 5.41 Å². The summed E-state index contributed by atoms with van der Waals surface area (Å²) in [6.07, 6.45) is 4.61. The van der Waals surface area contributed by atoms with Crippen molar-refractivity contribution in [1.82, 2.24) is 14.6 Å². The van der Waals surface area contributed by atoms with Crippen LogP contribution in [0.25, 0.3) is 0 Å². The van der Waals surface area contributed by atoms with E-state index in [9.17, 15) is 0 Å². The molecule has 2 aliphatic rings. The number of rotatable bonds is 0. The molecule has 0 unspecified atom stereocenters. The van der Waals surface area contributed by atoms with E-state index < -0.39 is 0 Å². The quantitative estimate of drug-likeness (QED) is 0.716. The van der Waals surface area contributed by atoms with E-state index in [-0.39, 0.29) is 0 Å². The SMILES string of the molecule is CN1CCC2(CC1)CNCc1cnsc12. The first-order valence-electron chi connectivity index (χ1n) is 5.63. The van der Waals surface area contributed by atoms with Crippen LogP contribution in [0, 0.1) is 0 Å². The van der Waals surface area contributed by atoms with Crippen molar-refractivity contribution in [2.75, 3.05) is 26.7 Å². The van der Waals surface area contributed by atoms with Gasteiger partial charge in [-0.3, -0.25) is 0 Å². The Kier molecular flexibility index (Phi) is 2.30. The first kappa shape index (κ1) is 9.75. The van der Waals surface area contributed by atoms with Crippen molar-refractivity contribution >= 4 is 11.5 Å². The van der Waals surface area contributed by atoms with Crippen molar-refractivity contribution in [1.29, 1.82) is 0 Å². The summed E-state index contributed by atoms with van der Waals surface area (Å²) >= 11 is 1.72. The third kappa shape index (κ3) is 1.51. The van der Waals surface area contributed by atoms with Crippen LogP contribution in [0.5, 0.6) is 0 Å². The first-order chi connectivity index (χ1) is 7.30. The summed E-state index contributed by atoms with van der Waals surface area (Å²) in [4.78, 5) is 4.00. The van der Waals surface area contributed by atoms with Gasteiger partial charge < -0.3 is 10.2 Å². The number of nitrogens with zero attached hydrogens (tertiary/aromatic N) is 2. The van der Waals surface area contributed by atoms with Crippen LogP contribution in [0.2, 0.25) is 0 Å². The smallest absolute Gasteiger partial charge is 0.0455 e. The van der Waals surface area contributed by atoms with Gasteiger partial charge in [0, 0.05) is 35.1 Å². The van der Waals surface area contributed by atoms with Crippen LogP contribution in [-0.2, 0) is 12.0 Å². The molecule has 15 heavy (non-hydrogen) atoms. The third-order valence-electron chi connectivity index (χ3n) is 3.85. The lowest BCUT2D eigenvalue weighted by atomic mass is 9.74. The minimum atomic E-state index is 0.404. The molecule has 0 amide bonds. The first-order valence-corrected chi connectivity index (χ1v) is 6.41. The Morgan fingerprint density at radius 2 is 2.27 bits per heavy atom. The number of nitrogens with one attached hydrogen (secondary N) is 1. The fourth-order valence-electron chi connectivity index (χ4n) is 2.79. The standard InChI is InChI=1S/C11H17N3S/c1-14-4-2-11(3-5-14)8-12-6-9-7-13-15-10(9)11/h7,12H,2-6,8H2,1H3. The summed E-state index contributed by atoms with van der Waals surface area (Å²) in [7, 11) is 2.22. The predicted molar refractivity (Wildman–Crippen MR) is 62.2 cm³/mol. The molecule has 82 valence electrons. The molecular weight excluding hydrogens is 206 g/mol. The highest BCUT2D eigenvalue weighted by atomic mass is 32.1. The highest BCUT2D eigenvalue weighted by Crippen LogP contribution is 2.40. The Morgan fingerprint density at radius 3 is 3.07 bits per heavy atom. The molecule has 3 nitrogen and oxygen atoms in total. The van der Waals surface area contributed by atoms with Gasteiger partial charge in [-0.1, -0.05) is 0 Å². The Morgan fingerprint density at radius 1 is 1.47 bits per heavy atom. The molecule has 3 rings (SSSR count). The minimum Gasteiger partial charge on any atom is -0.312 e. The van der Waals surface area contributed by atoms with Gasteiger partial charge in [-0.05, 0) is 44.5 Å². The van der Waals surface area contributed by atoms with Crippen molar-refractivity contribution in [2.45, 2.75) is 24.8 Å². The van der Waals surface area contributed by atoms with Gasteiger partial charge in [-0.25, -0.2) is 4.37 Å². The van der Waals surface area contributed by atoms with Crippen molar-refractivity contribution in [3.8, 4) is 0 Å². The number of aromatic nitrogens is 1. The van der Waals surface area contributed by atoms with Gasteiger partial charge in [0.2, 0.25) is 0 Å². The molecule has 1 aromatic rings. The van der Waals surface area contributed by atoms with Crippen LogP contribution in [0.1, 0.15) is 23.3 Å². The molecule has 1 saturated heterocycles. The van der Waals surface area contributed by atoms with Gasteiger partial charge in [0.1, 0.15) is 0 Å². The van der Waals surface area contributed by atoms with E-state index in [1.165, 1.54) is 31.5 Å². The normalized spacial score (nSPS) is 25.4. The van der Waals surface area contributed by atoms with Gasteiger partial charge in [-0.2, -0.15) is 0 Å². The molecule has 4 heteroatoms. The van der Waals surface area contributed by atoms with Gasteiger partial charge >= 0.3 is 0 Å². The molecule has 0 aromatic carbocycles. The third-order valence-corrected chi connectivity index (χ3v) is 4.94. The van der Waals surface area contributed by atoms with Crippen molar-refractivity contribution in [2.24, 2.45) is 0 Å². The second-order valence-electron chi connectivity index (χ2n) is 4.87.